The third kappa shape index (κ3) is 13.5. The number of non-ortho nitro benzene ring substituents is 1. The first-order valence-electron chi connectivity index (χ1n) is 26.5. The maximum atomic E-state index is 15.2. The highest BCUT2D eigenvalue weighted by atomic mass is 32.2. The normalized spacial score (nSPS) is 21.2. The smallest absolute Gasteiger partial charge is 0.410 e. The van der Waals surface area contributed by atoms with Crippen LogP contribution >= 0.6 is 11.8 Å². The monoisotopic (exact) mass is 1070 g/mol. The van der Waals surface area contributed by atoms with E-state index in [1.807, 2.05) is 78.9 Å². The molecule has 1 saturated carbocycles. The molecule has 9 rings (SSSR count). The van der Waals surface area contributed by atoms with E-state index in [4.69, 9.17) is 43.2 Å². The predicted molar refractivity (Wildman–Crippen MR) is 291 cm³/mol. The van der Waals surface area contributed by atoms with E-state index in [9.17, 15) is 20.3 Å². The highest BCUT2D eigenvalue weighted by molar-refractivity contribution is 7.99. The van der Waals surface area contributed by atoms with Gasteiger partial charge in [0.25, 0.3) is 5.69 Å². The van der Waals surface area contributed by atoms with Gasteiger partial charge in [0.05, 0.1) is 43.0 Å². The molecule has 406 valence electrons. The summed E-state index contributed by atoms with van der Waals surface area (Å²) in [6, 6.07) is 36.7. The molecule has 4 aliphatic rings. The Balaban J connectivity index is 1.16. The number of benzene rings is 5. The quantitative estimate of drug-likeness (QED) is 0.0158. The second-order valence-electron chi connectivity index (χ2n) is 19.4. The largest absolute Gasteiger partial charge is 0.493 e. The molecule has 2 heterocycles. The molecule has 17 heteroatoms. The zero-order valence-corrected chi connectivity index (χ0v) is 44.0. The third-order valence-electron chi connectivity index (χ3n) is 14.5. The van der Waals surface area contributed by atoms with Crippen molar-refractivity contribution in [2.75, 3.05) is 52.2 Å². The summed E-state index contributed by atoms with van der Waals surface area (Å²) in [4.78, 5) is 35.4. The molecule has 2 N–H and O–H groups in total. The molecule has 2 aliphatic heterocycles. The number of rotatable bonds is 28. The molecular formula is C60H67N3O13S. The molecular weight excluding hydrogens is 1000 g/mol. The van der Waals surface area contributed by atoms with Gasteiger partial charge in [-0.05, 0) is 114 Å². The van der Waals surface area contributed by atoms with Gasteiger partial charge < -0.3 is 48.2 Å². The Morgan fingerprint density at radius 1 is 0.831 bits per heavy atom. The molecule has 6 atom stereocenters. The number of hydrogen-bond donors (Lipinski definition) is 2. The van der Waals surface area contributed by atoms with E-state index in [-0.39, 0.29) is 82.8 Å². The topological polar surface area (TPSA) is 190 Å². The van der Waals surface area contributed by atoms with Gasteiger partial charge in [-0.15, -0.1) is 18.3 Å². The molecule has 0 radical (unpaired) electrons. The zero-order valence-electron chi connectivity index (χ0n) is 43.2. The number of carbonyl (C=O) groups is 1. The van der Waals surface area contributed by atoms with E-state index in [0.717, 1.165) is 58.6 Å². The lowest BCUT2D eigenvalue weighted by Crippen LogP contribution is -2.70. The van der Waals surface area contributed by atoms with Crippen LogP contribution in [-0.4, -0.2) is 95.9 Å². The number of ether oxygens (including phenoxy) is 7. The van der Waals surface area contributed by atoms with Crippen molar-refractivity contribution in [3.05, 3.63) is 178 Å². The Kier molecular flexibility index (Phi) is 19.2. The average molecular weight is 1070 g/mol. The molecule has 16 nitrogen and oxygen atoms in total. The molecule has 0 bridgehead atoms. The fourth-order valence-corrected chi connectivity index (χ4v) is 11.8. The van der Waals surface area contributed by atoms with E-state index in [1.165, 1.54) is 12.1 Å². The van der Waals surface area contributed by atoms with E-state index < -0.39 is 28.8 Å². The maximum Gasteiger partial charge on any atom is 0.410 e. The number of nitrogens with zero attached hydrogens (tertiary/aromatic N) is 3. The van der Waals surface area contributed by atoms with Crippen LogP contribution in [0.25, 0.3) is 0 Å². The first-order chi connectivity index (χ1) is 37.8. The van der Waals surface area contributed by atoms with Crippen LogP contribution in [0.2, 0.25) is 0 Å². The predicted octanol–water partition coefficient (Wildman–Crippen LogP) is 11.2. The summed E-state index contributed by atoms with van der Waals surface area (Å²) in [6.45, 7) is 5.22. The van der Waals surface area contributed by atoms with Gasteiger partial charge in [0, 0.05) is 60.4 Å². The summed E-state index contributed by atoms with van der Waals surface area (Å²) < 4.78 is 44.9. The number of nitro benzene ring substituents is 1. The minimum Gasteiger partial charge on any atom is -0.493 e. The molecule has 5 aromatic carbocycles. The Labute approximate surface area is 453 Å². The van der Waals surface area contributed by atoms with Gasteiger partial charge in [0.15, 0.2) is 11.5 Å². The number of thioether (sulfide) groups is 1. The van der Waals surface area contributed by atoms with Gasteiger partial charge in [-0.3, -0.25) is 15.0 Å². The van der Waals surface area contributed by atoms with Crippen molar-refractivity contribution >= 4 is 29.3 Å². The summed E-state index contributed by atoms with van der Waals surface area (Å²) in [5, 5.41) is 36.7. The van der Waals surface area contributed by atoms with Crippen molar-refractivity contribution in [1.82, 2.24) is 4.90 Å². The first-order valence-corrected chi connectivity index (χ1v) is 27.4. The van der Waals surface area contributed by atoms with Crippen molar-refractivity contribution in [1.29, 1.82) is 0 Å². The van der Waals surface area contributed by atoms with Gasteiger partial charge in [-0.1, -0.05) is 84.7 Å². The lowest BCUT2D eigenvalue weighted by molar-refractivity contribution is -0.384. The molecule has 0 saturated heterocycles. The SMILES string of the molecule is C=CCOC12Oc3ccc(OCCSc4ccccc4)cc3C3C(CCCCO)C(CCCCO)C=C(C(=NOCc4ccc([N+](=O)[O-])cc4)CC1N(Cc1ccc4c(c1)OCO4)C(=O)OCCOCc1ccccc1)C32. The number of nitro groups is 1. The maximum absolute atomic E-state index is 15.2. The van der Waals surface area contributed by atoms with Crippen molar-refractivity contribution in [2.24, 2.45) is 22.9 Å². The molecule has 6 unspecified atom stereocenters. The van der Waals surface area contributed by atoms with Crippen LogP contribution < -0.4 is 18.9 Å². The average Bonchev–Trinajstić information content (AvgIpc) is 3.97. The number of oxime groups is 1. The number of hydrogen-bond acceptors (Lipinski definition) is 15. The first kappa shape index (κ1) is 54.9. The standard InChI is InChI=1S/C60H67N3O13S/c1-2-29-74-60-56(62(38-44-21-25-54-55(34-44)73-41-72-54)59(66)71-31-30-69-39-42-13-5-3-6-14-42)37-52(61-75-40-43-19-22-46(23-20-43)63(67)68)50-35-45(15-9-11-27-64)49(18-10-12-28-65)57(58(50)60)51-36-47(24-26-53(51)76-60)70-32-33-77-48-16-7-4-8-17-48/h2-8,13-14,16-17,19-26,34-36,45,49,56-58,64-65H,1,9-12,15,18,27-33,37-41H2. The number of unbranched alkanes of at least 4 members (excludes halogenated alkanes) is 2. The molecule has 1 fully saturated rings. The van der Waals surface area contributed by atoms with Crippen molar-refractivity contribution < 1.29 is 57.9 Å². The molecule has 5 aromatic rings. The van der Waals surface area contributed by atoms with E-state index in [0.29, 0.717) is 60.3 Å². The molecule has 0 aromatic heterocycles. The van der Waals surface area contributed by atoms with Crippen LogP contribution in [-0.2, 0) is 38.8 Å². The summed E-state index contributed by atoms with van der Waals surface area (Å²) in [5.74, 6) is 0.533. The number of aliphatic hydroxyl groups excluding tert-OH is 2. The lowest BCUT2D eigenvalue weighted by Gasteiger charge is -2.59. The number of carbonyl (C=O) groups excluding carboxylic acids is 1. The Bertz CT molecular complexity index is 2820. The number of allylic oxidation sites excluding steroid dienone is 1. The highest BCUT2D eigenvalue weighted by Crippen LogP contribution is 2.62. The van der Waals surface area contributed by atoms with E-state index in [1.54, 1.807) is 34.9 Å². The zero-order chi connectivity index (χ0) is 53.4. The molecule has 77 heavy (non-hydrogen) atoms. The molecule has 0 spiro atoms. The van der Waals surface area contributed by atoms with Gasteiger partial charge >= 0.3 is 6.09 Å². The van der Waals surface area contributed by atoms with Crippen molar-refractivity contribution in [2.45, 2.75) is 87.3 Å². The minimum absolute atomic E-state index is 0.00385. The second kappa shape index (κ2) is 26.9. The second-order valence-corrected chi connectivity index (χ2v) is 20.6. The lowest BCUT2D eigenvalue weighted by atomic mass is 9.55. The van der Waals surface area contributed by atoms with Crippen LogP contribution in [0, 0.1) is 27.9 Å². The van der Waals surface area contributed by atoms with E-state index in [2.05, 4.69) is 30.9 Å². The van der Waals surface area contributed by atoms with Crippen LogP contribution in [0.1, 0.15) is 73.1 Å². The molecule has 2 aliphatic carbocycles. The van der Waals surface area contributed by atoms with Crippen molar-refractivity contribution in [3.63, 3.8) is 0 Å². The van der Waals surface area contributed by atoms with Crippen LogP contribution in [0.3, 0.4) is 0 Å². The third-order valence-corrected chi connectivity index (χ3v) is 15.5. The fraction of sp³-hybridized carbons (Fsp3) is 0.400. The summed E-state index contributed by atoms with van der Waals surface area (Å²) in [7, 11) is 0. The number of aliphatic hydroxyl groups is 2. The summed E-state index contributed by atoms with van der Waals surface area (Å²) in [6.07, 6.45) is 7.63. The number of fused-ring (bicyclic) bond motifs is 3. The molecule has 1 amide bonds. The van der Waals surface area contributed by atoms with Crippen LogP contribution in [0.15, 0.2) is 156 Å². The summed E-state index contributed by atoms with van der Waals surface area (Å²) in [5.41, 5.74) is 4.67. The number of amides is 1. The highest BCUT2D eigenvalue weighted by Gasteiger charge is 2.66. The van der Waals surface area contributed by atoms with Crippen molar-refractivity contribution in [3.8, 4) is 23.0 Å². The minimum atomic E-state index is -1.59. The van der Waals surface area contributed by atoms with Gasteiger partial charge in [0.1, 0.15) is 30.8 Å². The Morgan fingerprint density at radius 3 is 2.32 bits per heavy atom. The fourth-order valence-electron chi connectivity index (χ4n) is 11.0. The Morgan fingerprint density at radius 2 is 1.56 bits per heavy atom. The Hall–Kier alpha value is -6.89. The summed E-state index contributed by atoms with van der Waals surface area (Å²) >= 11 is 1.72. The van der Waals surface area contributed by atoms with Crippen LogP contribution in [0.5, 0.6) is 23.0 Å². The van der Waals surface area contributed by atoms with E-state index >= 15 is 4.79 Å². The van der Waals surface area contributed by atoms with Gasteiger partial charge in [0.2, 0.25) is 12.6 Å². The van der Waals surface area contributed by atoms with Gasteiger partial charge in [-0.2, -0.15) is 0 Å². The van der Waals surface area contributed by atoms with Crippen LogP contribution in [0.4, 0.5) is 10.5 Å². The van der Waals surface area contributed by atoms with Gasteiger partial charge in [-0.25, -0.2) is 4.79 Å².